The molecule has 0 aromatic carbocycles. The molecule has 0 radical (unpaired) electrons. The van der Waals surface area contributed by atoms with Crippen molar-refractivity contribution in [3.05, 3.63) is 17.5 Å². The Hall–Kier alpha value is -1.56. The van der Waals surface area contributed by atoms with Crippen LogP contribution in [0.4, 0.5) is 4.79 Å². The second-order valence-corrected chi connectivity index (χ2v) is 6.94. The SMILES string of the molecule is Cc1c(C(C)NC(=O)N2CCC(OCC3CC3)CC2)cnn1C. The Morgan fingerprint density at radius 3 is 2.65 bits per heavy atom. The smallest absolute Gasteiger partial charge is 0.317 e. The molecule has 1 unspecified atom stereocenters. The van der Waals surface area contributed by atoms with Gasteiger partial charge in [0.25, 0.3) is 0 Å². The first-order valence-corrected chi connectivity index (χ1v) is 8.70. The highest BCUT2D eigenvalue weighted by Crippen LogP contribution is 2.30. The summed E-state index contributed by atoms with van der Waals surface area (Å²) in [5.41, 5.74) is 2.16. The van der Waals surface area contributed by atoms with Crippen LogP contribution in [0.15, 0.2) is 6.20 Å². The van der Waals surface area contributed by atoms with Gasteiger partial charge in [0.1, 0.15) is 0 Å². The molecule has 6 nitrogen and oxygen atoms in total. The van der Waals surface area contributed by atoms with Crippen molar-refractivity contribution < 1.29 is 9.53 Å². The molecule has 2 fully saturated rings. The maximum Gasteiger partial charge on any atom is 0.317 e. The number of nitrogens with one attached hydrogen (secondary N) is 1. The Morgan fingerprint density at radius 1 is 1.39 bits per heavy atom. The number of aryl methyl sites for hydroxylation is 1. The van der Waals surface area contributed by atoms with Crippen molar-refractivity contribution in [1.29, 1.82) is 0 Å². The van der Waals surface area contributed by atoms with Gasteiger partial charge in [0, 0.05) is 38.0 Å². The summed E-state index contributed by atoms with van der Waals surface area (Å²) in [6.07, 6.45) is 6.71. The number of carbonyl (C=O) groups is 1. The third kappa shape index (κ3) is 4.05. The molecule has 1 atom stereocenters. The van der Waals surface area contributed by atoms with Crippen LogP contribution in [0.5, 0.6) is 0 Å². The van der Waals surface area contributed by atoms with Crippen LogP contribution in [0.3, 0.4) is 0 Å². The van der Waals surface area contributed by atoms with E-state index in [1.54, 1.807) is 0 Å². The number of hydrogen-bond acceptors (Lipinski definition) is 3. The Bertz CT molecular complexity index is 545. The van der Waals surface area contributed by atoms with E-state index in [9.17, 15) is 4.79 Å². The number of urea groups is 1. The van der Waals surface area contributed by atoms with Gasteiger partial charge in [0.15, 0.2) is 0 Å². The number of likely N-dealkylation sites (tertiary alicyclic amines) is 1. The molecule has 128 valence electrons. The second kappa shape index (κ2) is 6.91. The standard InChI is InChI=1S/C17H28N4O2/c1-12(16-10-18-20(3)13(16)2)19-17(22)21-8-6-15(7-9-21)23-11-14-4-5-14/h10,12,14-15H,4-9,11H2,1-3H3,(H,19,22). The van der Waals surface area contributed by atoms with Crippen LogP contribution in [-0.2, 0) is 11.8 Å². The van der Waals surface area contributed by atoms with Crippen LogP contribution in [0.1, 0.15) is 49.9 Å². The predicted molar refractivity (Wildman–Crippen MR) is 88.2 cm³/mol. The lowest BCUT2D eigenvalue weighted by Gasteiger charge is -2.32. The van der Waals surface area contributed by atoms with Gasteiger partial charge in [-0.3, -0.25) is 4.68 Å². The zero-order valence-electron chi connectivity index (χ0n) is 14.4. The number of piperidine rings is 1. The van der Waals surface area contributed by atoms with Crippen LogP contribution in [0, 0.1) is 12.8 Å². The Morgan fingerprint density at radius 2 is 2.09 bits per heavy atom. The molecular weight excluding hydrogens is 292 g/mol. The van der Waals surface area contributed by atoms with Crippen LogP contribution in [0.2, 0.25) is 0 Å². The first-order valence-electron chi connectivity index (χ1n) is 8.70. The van der Waals surface area contributed by atoms with E-state index in [-0.39, 0.29) is 12.1 Å². The zero-order chi connectivity index (χ0) is 16.4. The average Bonchev–Trinajstić information content (AvgIpc) is 3.31. The van der Waals surface area contributed by atoms with Crippen LogP contribution in [0.25, 0.3) is 0 Å². The van der Waals surface area contributed by atoms with Crippen molar-refractivity contribution in [3.63, 3.8) is 0 Å². The Balaban J connectivity index is 1.44. The lowest BCUT2D eigenvalue weighted by molar-refractivity contribution is 0.00933. The zero-order valence-corrected chi connectivity index (χ0v) is 14.4. The molecule has 1 aromatic rings. The van der Waals surface area contributed by atoms with E-state index in [0.717, 1.165) is 49.7 Å². The predicted octanol–water partition coefficient (Wildman–Crippen LogP) is 2.39. The summed E-state index contributed by atoms with van der Waals surface area (Å²) in [7, 11) is 1.92. The van der Waals surface area contributed by atoms with Gasteiger partial charge < -0.3 is 15.0 Å². The molecule has 2 aliphatic rings. The van der Waals surface area contributed by atoms with E-state index in [4.69, 9.17) is 4.74 Å². The highest BCUT2D eigenvalue weighted by Gasteiger charge is 2.27. The molecule has 1 aliphatic heterocycles. The molecule has 2 amide bonds. The molecule has 3 rings (SSSR count). The summed E-state index contributed by atoms with van der Waals surface area (Å²) >= 11 is 0. The lowest BCUT2D eigenvalue weighted by atomic mass is 10.1. The number of rotatable bonds is 5. The number of aromatic nitrogens is 2. The summed E-state index contributed by atoms with van der Waals surface area (Å²) in [6.45, 7) is 6.50. The van der Waals surface area contributed by atoms with E-state index in [0.29, 0.717) is 6.10 Å². The molecule has 1 aliphatic carbocycles. The van der Waals surface area contributed by atoms with Gasteiger partial charge in [0.2, 0.25) is 0 Å². The fourth-order valence-electron chi connectivity index (χ4n) is 3.08. The maximum absolute atomic E-state index is 12.4. The van der Waals surface area contributed by atoms with Gasteiger partial charge in [-0.25, -0.2) is 4.79 Å². The van der Waals surface area contributed by atoms with Crippen molar-refractivity contribution in [2.24, 2.45) is 13.0 Å². The van der Waals surface area contributed by atoms with Crippen molar-refractivity contribution in [2.75, 3.05) is 19.7 Å². The van der Waals surface area contributed by atoms with Crippen LogP contribution in [-0.4, -0.2) is 46.5 Å². The minimum absolute atomic E-state index is 0.0152. The van der Waals surface area contributed by atoms with Gasteiger partial charge in [-0.15, -0.1) is 0 Å². The van der Waals surface area contributed by atoms with Gasteiger partial charge in [0.05, 0.1) is 18.3 Å². The highest BCUT2D eigenvalue weighted by atomic mass is 16.5. The van der Waals surface area contributed by atoms with Crippen LogP contribution >= 0.6 is 0 Å². The Kier molecular flexibility index (Phi) is 4.90. The third-order valence-corrected chi connectivity index (χ3v) is 5.07. The summed E-state index contributed by atoms with van der Waals surface area (Å²) < 4.78 is 7.77. The first kappa shape index (κ1) is 16.3. The molecule has 6 heteroatoms. The van der Waals surface area contributed by atoms with Crippen molar-refractivity contribution in [2.45, 2.75) is 51.7 Å². The molecular formula is C17H28N4O2. The molecule has 23 heavy (non-hydrogen) atoms. The first-order chi connectivity index (χ1) is 11.0. The third-order valence-electron chi connectivity index (χ3n) is 5.07. The van der Waals surface area contributed by atoms with Gasteiger partial charge >= 0.3 is 6.03 Å². The topological polar surface area (TPSA) is 59.4 Å². The van der Waals surface area contributed by atoms with E-state index < -0.39 is 0 Å². The average molecular weight is 320 g/mol. The normalized spacial score (nSPS) is 20.6. The summed E-state index contributed by atoms with van der Waals surface area (Å²) in [6, 6.07) is -0.0126. The number of hydrogen-bond donors (Lipinski definition) is 1. The minimum Gasteiger partial charge on any atom is -0.378 e. The second-order valence-electron chi connectivity index (χ2n) is 6.94. The van der Waals surface area contributed by atoms with Gasteiger partial charge in [-0.2, -0.15) is 5.10 Å². The molecule has 1 saturated carbocycles. The fourth-order valence-corrected chi connectivity index (χ4v) is 3.08. The molecule has 1 N–H and O–H groups in total. The summed E-state index contributed by atoms with van der Waals surface area (Å²) in [5.74, 6) is 0.805. The van der Waals surface area contributed by atoms with E-state index in [1.165, 1.54) is 12.8 Å². The highest BCUT2D eigenvalue weighted by molar-refractivity contribution is 5.74. The van der Waals surface area contributed by atoms with E-state index >= 15 is 0 Å². The molecule has 0 spiro atoms. The Labute approximate surface area is 138 Å². The van der Waals surface area contributed by atoms with Crippen molar-refractivity contribution in [1.82, 2.24) is 20.0 Å². The van der Waals surface area contributed by atoms with Gasteiger partial charge in [-0.05, 0) is 45.4 Å². The monoisotopic (exact) mass is 320 g/mol. The fraction of sp³-hybridized carbons (Fsp3) is 0.765. The maximum atomic E-state index is 12.4. The quantitative estimate of drug-likeness (QED) is 0.906. The summed E-state index contributed by atoms with van der Waals surface area (Å²) in [5, 5.41) is 7.33. The summed E-state index contributed by atoms with van der Waals surface area (Å²) in [4.78, 5) is 14.3. The van der Waals surface area contributed by atoms with Crippen molar-refractivity contribution in [3.8, 4) is 0 Å². The number of ether oxygens (including phenoxy) is 1. The molecule has 0 bridgehead atoms. The van der Waals surface area contributed by atoms with Crippen LogP contribution < -0.4 is 5.32 Å². The minimum atomic E-state index is -0.0277. The number of carbonyl (C=O) groups excluding carboxylic acids is 1. The van der Waals surface area contributed by atoms with Gasteiger partial charge in [-0.1, -0.05) is 0 Å². The molecule has 2 heterocycles. The van der Waals surface area contributed by atoms with E-state index in [2.05, 4.69) is 10.4 Å². The lowest BCUT2D eigenvalue weighted by Crippen LogP contribution is -2.46. The number of nitrogens with zero attached hydrogens (tertiary/aromatic N) is 3. The molecule has 1 saturated heterocycles. The molecule has 1 aromatic heterocycles. The largest absolute Gasteiger partial charge is 0.378 e. The van der Waals surface area contributed by atoms with E-state index in [1.807, 2.05) is 36.7 Å². The van der Waals surface area contributed by atoms with Crippen molar-refractivity contribution >= 4 is 6.03 Å². The number of amides is 2.